The largest absolute Gasteiger partial charge is 0.326 e. The van der Waals surface area contributed by atoms with Gasteiger partial charge in [-0.3, -0.25) is 4.79 Å². The SMILES string of the molecule is Cl.O=C(CC1CCNC1)Nc1ccccc1. The van der Waals surface area contributed by atoms with E-state index in [0.717, 1.165) is 25.2 Å². The van der Waals surface area contributed by atoms with E-state index in [2.05, 4.69) is 10.6 Å². The lowest BCUT2D eigenvalue weighted by Gasteiger charge is -2.08. The zero-order chi connectivity index (χ0) is 10.5. The van der Waals surface area contributed by atoms with Crippen molar-refractivity contribution in [1.29, 1.82) is 0 Å². The van der Waals surface area contributed by atoms with E-state index in [9.17, 15) is 4.79 Å². The minimum Gasteiger partial charge on any atom is -0.326 e. The van der Waals surface area contributed by atoms with Crippen molar-refractivity contribution in [2.24, 2.45) is 5.92 Å². The topological polar surface area (TPSA) is 41.1 Å². The van der Waals surface area contributed by atoms with Crippen molar-refractivity contribution in [2.75, 3.05) is 18.4 Å². The Morgan fingerprint density at radius 1 is 1.38 bits per heavy atom. The molecular formula is C12H17ClN2O. The lowest BCUT2D eigenvalue weighted by atomic mass is 10.0. The molecule has 1 aromatic rings. The van der Waals surface area contributed by atoms with E-state index >= 15 is 0 Å². The minimum atomic E-state index is 0. The van der Waals surface area contributed by atoms with E-state index < -0.39 is 0 Å². The lowest BCUT2D eigenvalue weighted by Crippen LogP contribution is -2.18. The monoisotopic (exact) mass is 240 g/mol. The Balaban J connectivity index is 0.00000128. The normalized spacial score (nSPS) is 18.9. The van der Waals surface area contributed by atoms with E-state index in [1.807, 2.05) is 30.3 Å². The summed E-state index contributed by atoms with van der Waals surface area (Å²) in [6, 6.07) is 9.60. The minimum absolute atomic E-state index is 0. The molecular weight excluding hydrogens is 224 g/mol. The molecule has 3 nitrogen and oxygen atoms in total. The molecule has 1 heterocycles. The van der Waals surface area contributed by atoms with Gasteiger partial charge < -0.3 is 10.6 Å². The van der Waals surface area contributed by atoms with E-state index in [-0.39, 0.29) is 18.3 Å². The van der Waals surface area contributed by atoms with Gasteiger partial charge >= 0.3 is 0 Å². The molecule has 0 bridgehead atoms. The van der Waals surface area contributed by atoms with Crippen LogP contribution in [0.25, 0.3) is 0 Å². The Labute approximate surface area is 102 Å². The smallest absolute Gasteiger partial charge is 0.224 e. The average molecular weight is 241 g/mol. The maximum Gasteiger partial charge on any atom is 0.224 e. The number of carbonyl (C=O) groups is 1. The second-order valence-electron chi connectivity index (χ2n) is 3.98. The standard InChI is InChI=1S/C12H16N2O.ClH/c15-12(8-10-6-7-13-9-10)14-11-4-2-1-3-5-11;/h1-5,10,13H,6-9H2,(H,14,15);1H. The van der Waals surface area contributed by atoms with Gasteiger partial charge in [-0.2, -0.15) is 0 Å². The number of hydrogen-bond acceptors (Lipinski definition) is 2. The summed E-state index contributed by atoms with van der Waals surface area (Å²) in [5, 5.41) is 6.16. The van der Waals surface area contributed by atoms with Crippen molar-refractivity contribution in [3.63, 3.8) is 0 Å². The second kappa shape index (κ2) is 6.51. The maximum absolute atomic E-state index is 11.6. The van der Waals surface area contributed by atoms with Crippen molar-refractivity contribution in [2.45, 2.75) is 12.8 Å². The Kier molecular flexibility index (Phi) is 5.29. The summed E-state index contributed by atoms with van der Waals surface area (Å²) in [6.45, 7) is 2.02. The Morgan fingerprint density at radius 3 is 2.75 bits per heavy atom. The number of rotatable bonds is 3. The number of hydrogen-bond donors (Lipinski definition) is 2. The van der Waals surface area contributed by atoms with Crippen molar-refractivity contribution in [3.05, 3.63) is 30.3 Å². The molecule has 1 amide bonds. The Morgan fingerprint density at radius 2 is 2.12 bits per heavy atom. The van der Waals surface area contributed by atoms with Crippen LogP contribution in [0.15, 0.2) is 30.3 Å². The van der Waals surface area contributed by atoms with E-state index in [1.54, 1.807) is 0 Å². The second-order valence-corrected chi connectivity index (χ2v) is 3.98. The molecule has 1 unspecified atom stereocenters. The van der Waals surface area contributed by atoms with Crippen LogP contribution in [0.2, 0.25) is 0 Å². The molecule has 1 aliphatic rings. The number of para-hydroxylation sites is 1. The first-order valence-corrected chi connectivity index (χ1v) is 5.40. The molecule has 1 saturated heterocycles. The molecule has 0 aromatic heterocycles. The molecule has 88 valence electrons. The van der Waals surface area contributed by atoms with Crippen LogP contribution in [0.4, 0.5) is 5.69 Å². The highest BCUT2D eigenvalue weighted by molar-refractivity contribution is 5.90. The number of benzene rings is 1. The fourth-order valence-electron chi connectivity index (χ4n) is 1.88. The van der Waals surface area contributed by atoms with Gasteiger partial charge in [0.15, 0.2) is 0 Å². The maximum atomic E-state index is 11.6. The summed E-state index contributed by atoms with van der Waals surface area (Å²) >= 11 is 0. The van der Waals surface area contributed by atoms with Gasteiger partial charge in [-0.05, 0) is 37.6 Å². The fraction of sp³-hybridized carbons (Fsp3) is 0.417. The summed E-state index contributed by atoms with van der Waals surface area (Å²) in [6.07, 6.45) is 1.74. The molecule has 4 heteroatoms. The molecule has 1 fully saturated rings. The summed E-state index contributed by atoms with van der Waals surface area (Å²) in [4.78, 5) is 11.6. The molecule has 2 N–H and O–H groups in total. The first-order valence-electron chi connectivity index (χ1n) is 5.40. The molecule has 2 rings (SSSR count). The fourth-order valence-corrected chi connectivity index (χ4v) is 1.88. The lowest BCUT2D eigenvalue weighted by molar-refractivity contribution is -0.116. The van der Waals surface area contributed by atoms with E-state index in [1.165, 1.54) is 0 Å². The Hall–Kier alpha value is -1.06. The molecule has 16 heavy (non-hydrogen) atoms. The van der Waals surface area contributed by atoms with E-state index in [4.69, 9.17) is 0 Å². The number of halogens is 1. The quantitative estimate of drug-likeness (QED) is 0.849. The molecule has 1 atom stereocenters. The predicted molar refractivity (Wildman–Crippen MR) is 67.9 cm³/mol. The zero-order valence-corrected chi connectivity index (χ0v) is 9.93. The molecule has 1 aliphatic heterocycles. The van der Waals surface area contributed by atoms with Gasteiger partial charge in [-0.1, -0.05) is 18.2 Å². The first-order chi connectivity index (χ1) is 7.34. The zero-order valence-electron chi connectivity index (χ0n) is 9.11. The highest BCUT2D eigenvalue weighted by Crippen LogP contribution is 2.13. The third-order valence-corrected chi connectivity index (χ3v) is 2.69. The number of anilines is 1. The van der Waals surface area contributed by atoms with Crippen molar-refractivity contribution in [3.8, 4) is 0 Å². The van der Waals surface area contributed by atoms with Crippen LogP contribution in [0.5, 0.6) is 0 Å². The van der Waals surface area contributed by atoms with Gasteiger partial charge in [-0.25, -0.2) is 0 Å². The molecule has 1 aromatic carbocycles. The molecule has 0 spiro atoms. The molecule has 0 aliphatic carbocycles. The number of nitrogens with one attached hydrogen (secondary N) is 2. The van der Waals surface area contributed by atoms with Crippen molar-refractivity contribution < 1.29 is 4.79 Å². The average Bonchev–Trinajstić information content (AvgIpc) is 2.71. The third kappa shape index (κ3) is 3.83. The first kappa shape index (κ1) is 13.0. The highest BCUT2D eigenvalue weighted by atomic mass is 35.5. The Bertz CT molecular complexity index is 323. The van der Waals surface area contributed by atoms with Crippen LogP contribution in [-0.4, -0.2) is 19.0 Å². The van der Waals surface area contributed by atoms with Crippen molar-refractivity contribution >= 4 is 24.0 Å². The predicted octanol–water partition coefficient (Wildman–Crippen LogP) is 2.05. The van der Waals surface area contributed by atoms with Gasteiger partial charge in [0.1, 0.15) is 0 Å². The van der Waals surface area contributed by atoms with E-state index in [0.29, 0.717) is 12.3 Å². The van der Waals surface area contributed by atoms with Gasteiger partial charge in [0.2, 0.25) is 5.91 Å². The summed E-state index contributed by atoms with van der Waals surface area (Å²) < 4.78 is 0. The molecule has 0 saturated carbocycles. The number of carbonyl (C=O) groups excluding carboxylic acids is 1. The van der Waals surface area contributed by atoms with Crippen molar-refractivity contribution in [1.82, 2.24) is 5.32 Å². The van der Waals surface area contributed by atoms with Gasteiger partial charge in [0.25, 0.3) is 0 Å². The summed E-state index contributed by atoms with van der Waals surface area (Å²) in [5.74, 6) is 0.628. The summed E-state index contributed by atoms with van der Waals surface area (Å²) in [5.41, 5.74) is 0.883. The van der Waals surface area contributed by atoms with Crippen LogP contribution in [0, 0.1) is 5.92 Å². The van der Waals surface area contributed by atoms with Crippen LogP contribution in [-0.2, 0) is 4.79 Å². The molecule has 0 radical (unpaired) electrons. The highest BCUT2D eigenvalue weighted by Gasteiger charge is 2.17. The summed E-state index contributed by atoms with van der Waals surface area (Å²) in [7, 11) is 0. The van der Waals surface area contributed by atoms with Crippen LogP contribution >= 0.6 is 12.4 Å². The number of amides is 1. The van der Waals surface area contributed by atoms with Crippen LogP contribution < -0.4 is 10.6 Å². The third-order valence-electron chi connectivity index (χ3n) is 2.69. The van der Waals surface area contributed by atoms with Gasteiger partial charge in [0.05, 0.1) is 0 Å². The van der Waals surface area contributed by atoms with Crippen LogP contribution in [0.1, 0.15) is 12.8 Å². The van der Waals surface area contributed by atoms with Gasteiger partial charge in [-0.15, -0.1) is 12.4 Å². The van der Waals surface area contributed by atoms with Gasteiger partial charge in [0, 0.05) is 12.1 Å². The van der Waals surface area contributed by atoms with Crippen LogP contribution in [0.3, 0.4) is 0 Å².